The normalized spacial score (nSPS) is 19.8. The van der Waals surface area contributed by atoms with Crippen LogP contribution in [0.1, 0.15) is 34.7 Å². The quantitative estimate of drug-likeness (QED) is 0.303. The van der Waals surface area contributed by atoms with Crippen LogP contribution in [0.2, 0.25) is 0 Å². The standard InChI is InChI=1S/C26H25F2N5O4S2/c1-16(26(35,13-33-15-29-14-31-33)21-7-6-19(27)10-22(21)28)39-20-11-36-24(37-12-20)18-4-2-17(3-5-18)23(34)32-25-30-8-9-38-25/h2-10,14-16,20,24,35H,11-13H2,1H3,(H,30,32,34)/t16-,20?,24?,26-/m1/s1. The molecule has 1 fully saturated rings. The average molecular weight is 574 g/mol. The van der Waals surface area contributed by atoms with Gasteiger partial charge in [0.25, 0.3) is 5.91 Å². The largest absolute Gasteiger partial charge is 0.382 e. The van der Waals surface area contributed by atoms with Crippen molar-refractivity contribution in [2.24, 2.45) is 0 Å². The summed E-state index contributed by atoms with van der Waals surface area (Å²) < 4.78 is 41.7. The van der Waals surface area contributed by atoms with Crippen molar-refractivity contribution >= 4 is 34.1 Å². The maximum Gasteiger partial charge on any atom is 0.257 e. The number of thiazole rings is 1. The second-order valence-electron chi connectivity index (χ2n) is 8.95. The molecule has 13 heteroatoms. The van der Waals surface area contributed by atoms with Gasteiger partial charge in [-0.2, -0.15) is 5.10 Å². The van der Waals surface area contributed by atoms with Crippen LogP contribution in [0.4, 0.5) is 13.9 Å². The molecule has 5 rings (SSSR count). The summed E-state index contributed by atoms with van der Waals surface area (Å²) in [7, 11) is 0. The van der Waals surface area contributed by atoms with E-state index in [2.05, 4.69) is 20.4 Å². The second-order valence-corrected chi connectivity index (χ2v) is 11.5. The van der Waals surface area contributed by atoms with Crippen molar-refractivity contribution in [2.75, 3.05) is 18.5 Å². The van der Waals surface area contributed by atoms with E-state index in [0.29, 0.717) is 23.9 Å². The Morgan fingerprint density at radius 2 is 2.03 bits per heavy atom. The molecule has 0 saturated carbocycles. The second kappa shape index (κ2) is 11.9. The summed E-state index contributed by atoms with van der Waals surface area (Å²) in [5.41, 5.74) is -0.517. The van der Waals surface area contributed by atoms with E-state index in [0.717, 1.165) is 17.7 Å². The number of carbonyl (C=O) groups excluding carboxylic acids is 1. The van der Waals surface area contributed by atoms with Gasteiger partial charge in [0.05, 0.1) is 25.0 Å². The lowest BCUT2D eigenvalue weighted by atomic mass is 9.90. The van der Waals surface area contributed by atoms with E-state index in [-0.39, 0.29) is 23.3 Å². The minimum atomic E-state index is -1.72. The van der Waals surface area contributed by atoms with Gasteiger partial charge in [-0.1, -0.05) is 25.1 Å². The topological polar surface area (TPSA) is 111 Å². The maximum absolute atomic E-state index is 14.8. The number of ether oxygens (including phenoxy) is 2. The lowest BCUT2D eigenvalue weighted by molar-refractivity contribution is -0.180. The van der Waals surface area contributed by atoms with Gasteiger partial charge < -0.3 is 14.6 Å². The van der Waals surface area contributed by atoms with E-state index in [9.17, 15) is 18.7 Å². The van der Waals surface area contributed by atoms with Gasteiger partial charge in [-0.15, -0.1) is 23.1 Å². The van der Waals surface area contributed by atoms with Crippen LogP contribution < -0.4 is 5.32 Å². The Labute approximate surface area is 231 Å². The highest BCUT2D eigenvalue weighted by Crippen LogP contribution is 2.39. The summed E-state index contributed by atoms with van der Waals surface area (Å²) in [6.45, 7) is 2.32. The Kier molecular flexibility index (Phi) is 8.33. The molecule has 0 radical (unpaired) electrons. The number of halogens is 2. The van der Waals surface area contributed by atoms with Gasteiger partial charge in [0, 0.05) is 39.6 Å². The summed E-state index contributed by atoms with van der Waals surface area (Å²) in [5.74, 6) is -1.83. The third kappa shape index (κ3) is 6.34. The first kappa shape index (κ1) is 27.3. The summed E-state index contributed by atoms with van der Waals surface area (Å²) >= 11 is 2.72. The van der Waals surface area contributed by atoms with E-state index in [1.54, 1.807) is 42.8 Å². The molecular weight excluding hydrogens is 548 g/mol. The molecule has 9 nitrogen and oxygen atoms in total. The van der Waals surface area contributed by atoms with Crippen molar-refractivity contribution in [3.63, 3.8) is 0 Å². The Hall–Kier alpha value is -3.23. The summed E-state index contributed by atoms with van der Waals surface area (Å²) in [6, 6.07) is 10.0. The zero-order valence-electron chi connectivity index (χ0n) is 20.7. The van der Waals surface area contributed by atoms with Crippen LogP contribution in [-0.4, -0.2) is 54.5 Å². The molecule has 0 spiro atoms. The minimum Gasteiger partial charge on any atom is -0.382 e. The van der Waals surface area contributed by atoms with E-state index in [1.165, 1.54) is 46.5 Å². The molecule has 2 aromatic heterocycles. The van der Waals surface area contributed by atoms with Crippen LogP contribution in [0, 0.1) is 11.6 Å². The number of nitrogens with zero attached hydrogens (tertiary/aromatic N) is 4. The fraction of sp³-hybridized carbons (Fsp3) is 0.308. The van der Waals surface area contributed by atoms with Crippen LogP contribution in [0.15, 0.2) is 66.7 Å². The van der Waals surface area contributed by atoms with E-state index < -0.39 is 28.8 Å². The molecule has 3 heterocycles. The van der Waals surface area contributed by atoms with Gasteiger partial charge in [0.1, 0.15) is 29.9 Å². The van der Waals surface area contributed by atoms with Gasteiger partial charge in [-0.05, 0) is 18.2 Å². The molecule has 0 bridgehead atoms. The molecule has 2 atom stereocenters. The first-order valence-electron chi connectivity index (χ1n) is 12.0. The molecule has 1 amide bonds. The number of benzene rings is 2. The molecule has 39 heavy (non-hydrogen) atoms. The lowest BCUT2D eigenvalue weighted by Crippen LogP contribution is -2.43. The highest BCUT2D eigenvalue weighted by molar-refractivity contribution is 8.00. The molecule has 1 aliphatic rings. The van der Waals surface area contributed by atoms with E-state index in [1.807, 2.05) is 0 Å². The summed E-state index contributed by atoms with van der Waals surface area (Å²) in [5, 5.41) is 20.1. The van der Waals surface area contributed by atoms with Crippen molar-refractivity contribution in [1.29, 1.82) is 0 Å². The molecule has 1 saturated heterocycles. The first-order valence-corrected chi connectivity index (χ1v) is 13.8. The summed E-state index contributed by atoms with van der Waals surface area (Å²) in [4.78, 5) is 20.3. The van der Waals surface area contributed by atoms with Crippen LogP contribution in [0.3, 0.4) is 0 Å². The lowest BCUT2D eigenvalue weighted by Gasteiger charge is -2.37. The van der Waals surface area contributed by atoms with E-state index >= 15 is 0 Å². The van der Waals surface area contributed by atoms with E-state index in [4.69, 9.17) is 9.47 Å². The fourth-order valence-corrected chi connectivity index (χ4v) is 6.08. The number of carbonyl (C=O) groups is 1. The molecular formula is C26H25F2N5O4S2. The molecule has 2 aromatic carbocycles. The van der Waals surface area contributed by atoms with Crippen molar-refractivity contribution in [1.82, 2.24) is 19.7 Å². The molecule has 2 N–H and O–H groups in total. The number of hydrogen-bond acceptors (Lipinski definition) is 9. The Balaban J connectivity index is 1.21. The monoisotopic (exact) mass is 573 g/mol. The SMILES string of the molecule is C[C@@H](SC1COC(c2ccc(C(=O)Nc3nccs3)cc2)OC1)[C@](O)(Cn1cncn1)c1ccc(F)cc1F. The number of hydrogen-bond donors (Lipinski definition) is 2. The smallest absolute Gasteiger partial charge is 0.257 e. The number of rotatable bonds is 9. The maximum atomic E-state index is 14.8. The predicted octanol–water partition coefficient (Wildman–Crippen LogP) is 4.39. The highest BCUT2D eigenvalue weighted by Gasteiger charge is 2.41. The Morgan fingerprint density at radius 3 is 2.67 bits per heavy atom. The molecule has 0 unspecified atom stereocenters. The third-order valence-corrected chi connectivity index (χ3v) is 8.44. The first-order chi connectivity index (χ1) is 18.8. The third-order valence-electron chi connectivity index (χ3n) is 6.30. The Morgan fingerprint density at radius 1 is 1.26 bits per heavy atom. The number of aliphatic hydroxyl groups is 1. The van der Waals surface area contributed by atoms with Crippen LogP contribution in [-0.2, 0) is 21.6 Å². The van der Waals surface area contributed by atoms with Gasteiger partial charge in [0.15, 0.2) is 11.4 Å². The molecule has 0 aliphatic carbocycles. The molecule has 4 aromatic rings. The number of amides is 1. The number of aromatic nitrogens is 4. The van der Waals surface area contributed by atoms with Crippen LogP contribution in [0.25, 0.3) is 0 Å². The van der Waals surface area contributed by atoms with Gasteiger partial charge in [-0.3, -0.25) is 10.1 Å². The van der Waals surface area contributed by atoms with Crippen molar-refractivity contribution < 1.29 is 28.2 Å². The summed E-state index contributed by atoms with van der Waals surface area (Å²) in [6.07, 6.45) is 3.75. The zero-order chi connectivity index (χ0) is 27.4. The van der Waals surface area contributed by atoms with Crippen molar-refractivity contribution in [3.05, 3.63) is 95.0 Å². The fourth-order valence-electron chi connectivity index (χ4n) is 4.24. The average Bonchev–Trinajstić information content (AvgIpc) is 3.63. The number of thioether (sulfide) groups is 1. The van der Waals surface area contributed by atoms with Gasteiger partial charge in [-0.25, -0.2) is 23.4 Å². The molecule has 204 valence electrons. The Bertz CT molecular complexity index is 1380. The van der Waals surface area contributed by atoms with Crippen LogP contribution >= 0.6 is 23.1 Å². The molecule has 1 aliphatic heterocycles. The van der Waals surface area contributed by atoms with Crippen molar-refractivity contribution in [2.45, 2.75) is 35.9 Å². The highest BCUT2D eigenvalue weighted by atomic mass is 32.2. The van der Waals surface area contributed by atoms with Gasteiger partial charge >= 0.3 is 0 Å². The number of nitrogens with one attached hydrogen (secondary N) is 1. The van der Waals surface area contributed by atoms with Gasteiger partial charge in [0.2, 0.25) is 0 Å². The van der Waals surface area contributed by atoms with Crippen molar-refractivity contribution in [3.8, 4) is 0 Å². The zero-order valence-corrected chi connectivity index (χ0v) is 22.4. The predicted molar refractivity (Wildman–Crippen MR) is 142 cm³/mol. The minimum absolute atomic E-state index is 0.0334. The van der Waals surface area contributed by atoms with Crippen LogP contribution in [0.5, 0.6) is 0 Å². The number of anilines is 1.